The molecule has 1 aliphatic rings. The summed E-state index contributed by atoms with van der Waals surface area (Å²) in [5, 5.41) is 2.78. The molecule has 0 spiro atoms. The van der Waals surface area contributed by atoms with E-state index in [0.29, 0.717) is 12.3 Å². The fourth-order valence-corrected chi connectivity index (χ4v) is 2.33. The lowest BCUT2D eigenvalue weighted by Gasteiger charge is -2.31. The Balaban J connectivity index is 2.51. The van der Waals surface area contributed by atoms with Gasteiger partial charge in [0, 0.05) is 18.4 Å². The molecule has 0 aromatic rings. The Kier molecular flexibility index (Phi) is 4.77. The first-order chi connectivity index (χ1) is 8.19. The van der Waals surface area contributed by atoms with Crippen molar-refractivity contribution in [2.75, 3.05) is 0 Å². The Morgan fingerprint density at radius 1 is 1.44 bits per heavy atom. The monoisotopic (exact) mass is 255 g/mol. The summed E-state index contributed by atoms with van der Waals surface area (Å²) in [5.74, 6) is 0.744. The Morgan fingerprint density at radius 3 is 2.61 bits per heavy atom. The number of carbonyl (C=O) groups is 2. The molecule has 104 valence electrons. The van der Waals surface area contributed by atoms with Gasteiger partial charge in [0.15, 0.2) is 0 Å². The molecule has 1 amide bonds. The Hall–Kier alpha value is -1.06. The minimum Gasteiger partial charge on any atom is -0.444 e. The van der Waals surface area contributed by atoms with E-state index in [1.807, 2.05) is 27.7 Å². The lowest BCUT2D eigenvalue weighted by Crippen LogP contribution is -2.45. The smallest absolute Gasteiger partial charge is 0.407 e. The molecule has 1 fully saturated rings. The van der Waals surface area contributed by atoms with Crippen LogP contribution in [-0.4, -0.2) is 23.5 Å². The van der Waals surface area contributed by atoms with Crippen LogP contribution in [0.3, 0.4) is 0 Å². The van der Waals surface area contributed by atoms with Crippen LogP contribution in [0.1, 0.15) is 53.9 Å². The minimum atomic E-state index is -0.506. The fourth-order valence-electron chi connectivity index (χ4n) is 2.33. The summed E-state index contributed by atoms with van der Waals surface area (Å²) in [7, 11) is 0. The Morgan fingerprint density at radius 2 is 2.06 bits per heavy atom. The highest BCUT2D eigenvalue weighted by Gasteiger charge is 2.32. The standard InChI is InChI=1S/C14H25NO3/c1-9-6-7-12(16)11(8-9)10(2)15-13(17)18-14(3,4)5/h9-11H,6-8H2,1-5H3,(H,15,17). The molecule has 18 heavy (non-hydrogen) atoms. The maximum absolute atomic E-state index is 11.9. The molecule has 1 N–H and O–H groups in total. The third kappa shape index (κ3) is 4.67. The molecule has 0 aromatic heterocycles. The molecule has 0 saturated heterocycles. The summed E-state index contributed by atoms with van der Waals surface area (Å²) >= 11 is 0. The molecule has 0 aliphatic heterocycles. The van der Waals surface area contributed by atoms with Crippen molar-refractivity contribution < 1.29 is 14.3 Å². The summed E-state index contributed by atoms with van der Waals surface area (Å²) in [6.45, 7) is 9.51. The van der Waals surface area contributed by atoms with E-state index < -0.39 is 11.7 Å². The van der Waals surface area contributed by atoms with Gasteiger partial charge in [0.25, 0.3) is 0 Å². The summed E-state index contributed by atoms with van der Waals surface area (Å²) in [6.07, 6.45) is 2.01. The van der Waals surface area contributed by atoms with E-state index in [9.17, 15) is 9.59 Å². The first-order valence-electron chi connectivity index (χ1n) is 6.71. The summed E-state index contributed by atoms with van der Waals surface area (Å²) in [4.78, 5) is 23.5. The van der Waals surface area contributed by atoms with Crippen LogP contribution in [0.25, 0.3) is 0 Å². The number of nitrogens with one attached hydrogen (secondary N) is 1. The highest BCUT2D eigenvalue weighted by Crippen LogP contribution is 2.28. The van der Waals surface area contributed by atoms with E-state index in [1.165, 1.54) is 0 Å². The molecule has 3 unspecified atom stereocenters. The van der Waals surface area contributed by atoms with Crippen LogP contribution in [-0.2, 0) is 9.53 Å². The largest absolute Gasteiger partial charge is 0.444 e. The van der Waals surface area contributed by atoms with Gasteiger partial charge >= 0.3 is 6.09 Å². The van der Waals surface area contributed by atoms with Crippen LogP contribution in [0.4, 0.5) is 4.79 Å². The Labute approximate surface area is 109 Å². The summed E-state index contributed by atoms with van der Waals surface area (Å²) in [5.41, 5.74) is -0.506. The number of Topliss-reactive ketones (excluding diaryl/α,β-unsaturated/α-hetero) is 1. The molecule has 1 saturated carbocycles. The summed E-state index contributed by atoms with van der Waals surface area (Å²) < 4.78 is 5.20. The van der Waals surface area contributed by atoms with Crippen LogP contribution >= 0.6 is 0 Å². The number of ketones is 1. The van der Waals surface area contributed by atoms with Gasteiger partial charge in [0.1, 0.15) is 11.4 Å². The third-order valence-electron chi connectivity index (χ3n) is 3.30. The van der Waals surface area contributed by atoms with Crippen molar-refractivity contribution >= 4 is 11.9 Å². The second-order valence-electron chi connectivity index (χ2n) is 6.39. The maximum atomic E-state index is 11.9. The number of hydrogen-bond donors (Lipinski definition) is 1. The molecule has 1 aliphatic carbocycles. The van der Waals surface area contributed by atoms with E-state index >= 15 is 0 Å². The first-order valence-corrected chi connectivity index (χ1v) is 6.71. The predicted molar refractivity (Wildman–Crippen MR) is 70.3 cm³/mol. The average molecular weight is 255 g/mol. The van der Waals surface area contributed by atoms with Crippen LogP contribution < -0.4 is 5.32 Å². The van der Waals surface area contributed by atoms with Gasteiger partial charge in [-0.05, 0) is 46.5 Å². The van der Waals surface area contributed by atoms with Crippen molar-refractivity contribution in [3.8, 4) is 0 Å². The van der Waals surface area contributed by atoms with E-state index in [2.05, 4.69) is 12.2 Å². The fraction of sp³-hybridized carbons (Fsp3) is 0.857. The van der Waals surface area contributed by atoms with Gasteiger partial charge < -0.3 is 10.1 Å². The molecule has 3 atom stereocenters. The second-order valence-corrected chi connectivity index (χ2v) is 6.39. The van der Waals surface area contributed by atoms with Crippen molar-refractivity contribution in [3.63, 3.8) is 0 Å². The Bertz CT molecular complexity index is 319. The van der Waals surface area contributed by atoms with Gasteiger partial charge in [-0.15, -0.1) is 0 Å². The average Bonchev–Trinajstić information content (AvgIpc) is 2.18. The number of amides is 1. The van der Waals surface area contributed by atoms with Gasteiger partial charge in [-0.2, -0.15) is 0 Å². The van der Waals surface area contributed by atoms with Crippen molar-refractivity contribution in [2.24, 2.45) is 11.8 Å². The number of carbonyl (C=O) groups excluding carboxylic acids is 2. The van der Waals surface area contributed by atoms with E-state index in [-0.39, 0.29) is 17.7 Å². The quantitative estimate of drug-likeness (QED) is 0.825. The molecular weight excluding hydrogens is 230 g/mol. The van der Waals surface area contributed by atoms with Crippen molar-refractivity contribution in [1.82, 2.24) is 5.32 Å². The highest BCUT2D eigenvalue weighted by molar-refractivity contribution is 5.83. The normalized spacial score (nSPS) is 26.6. The first kappa shape index (κ1) is 15.0. The topological polar surface area (TPSA) is 55.4 Å². The minimum absolute atomic E-state index is 0.0683. The number of ether oxygens (including phenoxy) is 1. The number of alkyl carbamates (subject to hydrolysis) is 1. The van der Waals surface area contributed by atoms with Crippen LogP contribution in [0.15, 0.2) is 0 Å². The number of hydrogen-bond acceptors (Lipinski definition) is 3. The maximum Gasteiger partial charge on any atom is 0.407 e. The molecule has 0 aromatic carbocycles. The molecule has 0 radical (unpaired) electrons. The van der Waals surface area contributed by atoms with Gasteiger partial charge in [-0.3, -0.25) is 4.79 Å². The van der Waals surface area contributed by atoms with E-state index in [0.717, 1.165) is 12.8 Å². The van der Waals surface area contributed by atoms with E-state index in [4.69, 9.17) is 4.74 Å². The van der Waals surface area contributed by atoms with Crippen LogP contribution in [0.5, 0.6) is 0 Å². The molecule has 1 rings (SSSR count). The second kappa shape index (κ2) is 5.72. The zero-order chi connectivity index (χ0) is 13.9. The van der Waals surface area contributed by atoms with E-state index in [1.54, 1.807) is 0 Å². The number of rotatable bonds is 2. The lowest BCUT2D eigenvalue weighted by molar-refractivity contribution is -0.126. The van der Waals surface area contributed by atoms with Gasteiger partial charge in [-0.25, -0.2) is 4.79 Å². The van der Waals surface area contributed by atoms with Crippen LogP contribution in [0.2, 0.25) is 0 Å². The highest BCUT2D eigenvalue weighted by atomic mass is 16.6. The zero-order valence-electron chi connectivity index (χ0n) is 12.1. The molecule has 0 heterocycles. The predicted octanol–water partition coefficient (Wildman–Crippen LogP) is 2.90. The lowest BCUT2D eigenvalue weighted by atomic mass is 9.78. The third-order valence-corrected chi connectivity index (χ3v) is 3.30. The molecular formula is C14H25NO3. The SMILES string of the molecule is CC1CCC(=O)C(C(C)NC(=O)OC(C)(C)C)C1. The summed E-state index contributed by atoms with van der Waals surface area (Å²) in [6, 6.07) is -0.157. The zero-order valence-corrected chi connectivity index (χ0v) is 12.1. The van der Waals surface area contributed by atoms with Crippen LogP contribution in [0, 0.1) is 11.8 Å². The van der Waals surface area contributed by atoms with Gasteiger partial charge in [0.2, 0.25) is 0 Å². The van der Waals surface area contributed by atoms with Crippen molar-refractivity contribution in [3.05, 3.63) is 0 Å². The van der Waals surface area contributed by atoms with Gasteiger partial charge in [-0.1, -0.05) is 6.92 Å². The molecule has 0 bridgehead atoms. The molecule has 4 heteroatoms. The van der Waals surface area contributed by atoms with Gasteiger partial charge in [0.05, 0.1) is 0 Å². The van der Waals surface area contributed by atoms with Crippen molar-refractivity contribution in [2.45, 2.75) is 65.5 Å². The van der Waals surface area contributed by atoms with Crippen molar-refractivity contribution in [1.29, 1.82) is 0 Å². The molecule has 4 nitrogen and oxygen atoms in total.